The molecule has 0 radical (unpaired) electrons. The Morgan fingerprint density at radius 1 is 1.18 bits per heavy atom. The molecule has 3 aromatic rings. The van der Waals surface area contributed by atoms with Crippen molar-refractivity contribution in [2.24, 2.45) is 0 Å². The fourth-order valence-electron chi connectivity index (χ4n) is 2.74. The topological polar surface area (TPSA) is 81.1 Å². The second kappa shape index (κ2) is 8.16. The fourth-order valence-corrected chi connectivity index (χ4v) is 3.56. The van der Waals surface area contributed by atoms with Crippen LogP contribution in [0, 0.1) is 0 Å². The first kappa shape index (κ1) is 20.1. The Morgan fingerprint density at radius 3 is 2.50 bits per heavy atom. The molecule has 0 aliphatic carbocycles. The maximum Gasteiger partial charge on any atom is 0.254 e. The number of carbonyl (C=O) groups excluding carboxylic acids is 1. The van der Waals surface area contributed by atoms with Gasteiger partial charge in [-0.25, -0.2) is 8.42 Å². The zero-order valence-corrected chi connectivity index (χ0v) is 17.0. The highest BCUT2D eigenvalue weighted by molar-refractivity contribution is 7.90. The van der Waals surface area contributed by atoms with E-state index in [1.165, 1.54) is 18.3 Å². The number of sulfone groups is 1. The molecular formula is C20H20ClN3O3S. The summed E-state index contributed by atoms with van der Waals surface area (Å²) in [4.78, 5) is 12.7. The zero-order valence-electron chi connectivity index (χ0n) is 15.5. The minimum absolute atomic E-state index is 0.246. The lowest BCUT2D eigenvalue weighted by atomic mass is 10.1. The zero-order chi connectivity index (χ0) is 20.3. The van der Waals surface area contributed by atoms with Gasteiger partial charge in [0.25, 0.3) is 5.91 Å². The molecule has 1 heterocycles. The Labute approximate surface area is 169 Å². The SMILES string of the molecule is CC(NC(=O)c1cnn(Cc2ccccc2Cl)c1)c1ccc(S(C)(=O)=O)cc1. The van der Waals surface area contributed by atoms with Crippen LogP contribution in [0.4, 0.5) is 0 Å². The summed E-state index contributed by atoms with van der Waals surface area (Å²) in [6.45, 7) is 2.30. The van der Waals surface area contributed by atoms with Gasteiger partial charge in [-0.3, -0.25) is 9.48 Å². The van der Waals surface area contributed by atoms with E-state index in [0.29, 0.717) is 17.1 Å². The molecule has 1 unspecified atom stereocenters. The van der Waals surface area contributed by atoms with Crippen molar-refractivity contribution in [3.63, 3.8) is 0 Å². The molecular weight excluding hydrogens is 398 g/mol. The van der Waals surface area contributed by atoms with Crippen LogP contribution in [-0.4, -0.2) is 30.4 Å². The van der Waals surface area contributed by atoms with E-state index in [4.69, 9.17) is 11.6 Å². The summed E-state index contributed by atoms with van der Waals surface area (Å²) in [7, 11) is -3.25. The van der Waals surface area contributed by atoms with Crippen LogP contribution in [0.5, 0.6) is 0 Å². The Bertz CT molecular complexity index is 1090. The van der Waals surface area contributed by atoms with Gasteiger partial charge in [0.05, 0.1) is 29.2 Å². The standard InChI is InChI=1S/C20H20ClN3O3S/c1-14(15-7-9-18(10-8-15)28(2,26)27)23-20(25)17-11-22-24(13-17)12-16-5-3-4-6-19(16)21/h3-11,13-14H,12H2,1-2H3,(H,23,25). The molecule has 1 amide bonds. The molecule has 0 fully saturated rings. The summed E-state index contributed by atoms with van der Waals surface area (Å²) in [5.74, 6) is -0.259. The van der Waals surface area contributed by atoms with Gasteiger partial charge in [-0.15, -0.1) is 0 Å². The van der Waals surface area contributed by atoms with Crippen LogP contribution < -0.4 is 5.32 Å². The van der Waals surface area contributed by atoms with Crippen LogP contribution in [0.3, 0.4) is 0 Å². The van der Waals surface area contributed by atoms with E-state index in [1.807, 2.05) is 31.2 Å². The molecule has 2 aromatic carbocycles. The molecule has 28 heavy (non-hydrogen) atoms. The van der Waals surface area contributed by atoms with Gasteiger partial charge >= 0.3 is 0 Å². The van der Waals surface area contributed by atoms with Crippen molar-refractivity contribution in [2.75, 3.05) is 6.26 Å². The highest BCUT2D eigenvalue weighted by atomic mass is 35.5. The number of aromatic nitrogens is 2. The van der Waals surface area contributed by atoms with E-state index >= 15 is 0 Å². The molecule has 1 atom stereocenters. The maximum atomic E-state index is 12.5. The average Bonchev–Trinajstić information content (AvgIpc) is 3.12. The van der Waals surface area contributed by atoms with Gasteiger partial charge in [-0.2, -0.15) is 5.10 Å². The normalized spacial score (nSPS) is 12.5. The average molecular weight is 418 g/mol. The van der Waals surface area contributed by atoms with Crippen LogP contribution in [-0.2, 0) is 16.4 Å². The van der Waals surface area contributed by atoms with E-state index < -0.39 is 9.84 Å². The number of carbonyl (C=O) groups is 1. The van der Waals surface area contributed by atoms with Gasteiger partial charge < -0.3 is 5.32 Å². The van der Waals surface area contributed by atoms with Crippen LogP contribution in [0.1, 0.15) is 34.5 Å². The number of hydrogen-bond acceptors (Lipinski definition) is 4. The van der Waals surface area contributed by atoms with Gasteiger partial charge in [-0.1, -0.05) is 41.9 Å². The summed E-state index contributed by atoms with van der Waals surface area (Å²) in [6, 6.07) is 13.7. The smallest absolute Gasteiger partial charge is 0.254 e. The van der Waals surface area contributed by atoms with E-state index in [2.05, 4.69) is 10.4 Å². The number of nitrogens with zero attached hydrogens (tertiary/aromatic N) is 2. The molecule has 0 aliphatic rings. The van der Waals surface area contributed by atoms with E-state index in [-0.39, 0.29) is 16.8 Å². The molecule has 0 aliphatic heterocycles. The van der Waals surface area contributed by atoms with Crippen molar-refractivity contribution < 1.29 is 13.2 Å². The summed E-state index contributed by atoms with van der Waals surface area (Å²) in [5.41, 5.74) is 2.16. The predicted molar refractivity (Wildman–Crippen MR) is 108 cm³/mol. The third kappa shape index (κ3) is 4.79. The van der Waals surface area contributed by atoms with Crippen LogP contribution in [0.2, 0.25) is 5.02 Å². The minimum atomic E-state index is -3.25. The molecule has 0 saturated heterocycles. The quantitative estimate of drug-likeness (QED) is 0.665. The predicted octanol–water partition coefficient (Wildman–Crippen LogP) is 3.48. The van der Waals surface area contributed by atoms with Crippen LogP contribution >= 0.6 is 11.6 Å². The minimum Gasteiger partial charge on any atom is -0.345 e. The van der Waals surface area contributed by atoms with Crippen molar-refractivity contribution in [1.29, 1.82) is 0 Å². The third-order valence-electron chi connectivity index (χ3n) is 4.34. The Hall–Kier alpha value is -2.64. The first-order valence-corrected chi connectivity index (χ1v) is 10.9. The van der Waals surface area contributed by atoms with Crippen molar-refractivity contribution in [2.45, 2.75) is 24.4 Å². The third-order valence-corrected chi connectivity index (χ3v) is 5.84. The van der Waals surface area contributed by atoms with Crippen LogP contribution in [0.15, 0.2) is 65.8 Å². The maximum absolute atomic E-state index is 12.5. The summed E-state index contributed by atoms with van der Waals surface area (Å²) in [5, 5.41) is 7.76. The number of nitrogens with one attached hydrogen (secondary N) is 1. The lowest BCUT2D eigenvalue weighted by Crippen LogP contribution is -2.26. The molecule has 3 rings (SSSR count). The van der Waals surface area contributed by atoms with Gasteiger partial charge in [-0.05, 0) is 36.2 Å². The van der Waals surface area contributed by atoms with Crippen molar-refractivity contribution in [3.8, 4) is 0 Å². The largest absolute Gasteiger partial charge is 0.345 e. The van der Waals surface area contributed by atoms with Crippen molar-refractivity contribution >= 4 is 27.3 Å². The monoisotopic (exact) mass is 417 g/mol. The molecule has 1 N–H and O–H groups in total. The Balaban J connectivity index is 1.66. The lowest BCUT2D eigenvalue weighted by Gasteiger charge is -2.14. The van der Waals surface area contributed by atoms with Gasteiger partial charge in [0.15, 0.2) is 9.84 Å². The lowest BCUT2D eigenvalue weighted by molar-refractivity contribution is 0.0939. The van der Waals surface area contributed by atoms with Crippen LogP contribution in [0.25, 0.3) is 0 Å². The van der Waals surface area contributed by atoms with E-state index in [1.54, 1.807) is 23.0 Å². The molecule has 8 heteroatoms. The number of amides is 1. The van der Waals surface area contributed by atoms with E-state index in [9.17, 15) is 13.2 Å². The van der Waals surface area contributed by atoms with Crippen molar-refractivity contribution in [1.82, 2.24) is 15.1 Å². The summed E-state index contributed by atoms with van der Waals surface area (Å²) < 4.78 is 24.7. The molecule has 1 aromatic heterocycles. The van der Waals surface area contributed by atoms with Gasteiger partial charge in [0.2, 0.25) is 0 Å². The first-order valence-electron chi connectivity index (χ1n) is 8.61. The molecule has 146 valence electrons. The highest BCUT2D eigenvalue weighted by Crippen LogP contribution is 2.18. The Kier molecular flexibility index (Phi) is 5.86. The van der Waals surface area contributed by atoms with E-state index in [0.717, 1.165) is 17.4 Å². The fraction of sp³-hybridized carbons (Fsp3) is 0.200. The van der Waals surface area contributed by atoms with Gasteiger partial charge in [0.1, 0.15) is 0 Å². The number of benzene rings is 2. The Morgan fingerprint density at radius 2 is 1.86 bits per heavy atom. The van der Waals surface area contributed by atoms with Crippen molar-refractivity contribution in [3.05, 3.63) is 82.6 Å². The number of halogens is 1. The molecule has 0 saturated carbocycles. The highest BCUT2D eigenvalue weighted by Gasteiger charge is 2.15. The first-order chi connectivity index (χ1) is 13.2. The number of rotatable bonds is 6. The molecule has 6 nitrogen and oxygen atoms in total. The van der Waals surface area contributed by atoms with Gasteiger partial charge in [0, 0.05) is 17.5 Å². The number of hydrogen-bond donors (Lipinski definition) is 1. The molecule has 0 spiro atoms. The second-order valence-corrected chi connectivity index (χ2v) is 8.98. The molecule has 0 bridgehead atoms. The summed E-state index contributed by atoms with van der Waals surface area (Å²) in [6.07, 6.45) is 4.33. The second-order valence-electron chi connectivity index (χ2n) is 6.55. The summed E-state index contributed by atoms with van der Waals surface area (Å²) >= 11 is 6.16.